The molecule has 9 nitrogen and oxygen atoms in total. The number of aliphatic hydroxyl groups excluding tert-OH is 6. The van der Waals surface area contributed by atoms with Crippen LogP contribution in [0.2, 0.25) is 0 Å². The van der Waals surface area contributed by atoms with Gasteiger partial charge in [0.2, 0.25) is 0 Å². The van der Waals surface area contributed by atoms with Gasteiger partial charge in [-0.3, -0.25) is 0 Å². The lowest BCUT2D eigenvalue weighted by Crippen LogP contribution is -2.47. The molecule has 6 atom stereocenters. The minimum absolute atomic E-state index is 0.0249. The highest BCUT2D eigenvalue weighted by atomic mass is 16.6. The van der Waals surface area contributed by atoms with E-state index in [1.165, 1.54) is 0 Å². The topological polar surface area (TPSA) is 157 Å². The molecule has 4 unspecified atom stereocenters. The standard InChI is InChI=1S/C7H12O5.C5H10O3.CH4O/c8-2-4-1-6(10)12-5(3-9)7(4)11;6-2-5-1-4(7)3-8-5;1-2/h2,4-7,9-11H,1,3H2;4-7H,1-3H2;2H,1H3/t4?,5?,6-,7-;;/m0../s1. The second-order valence-electron chi connectivity index (χ2n) is 4.87. The van der Waals surface area contributed by atoms with Crippen LogP contribution in [0, 0.1) is 5.92 Å². The maximum atomic E-state index is 10.4. The monoisotopic (exact) mass is 326 g/mol. The molecule has 0 aromatic heterocycles. The third kappa shape index (κ3) is 7.07. The first-order valence-corrected chi connectivity index (χ1v) is 6.94. The molecule has 0 saturated carbocycles. The van der Waals surface area contributed by atoms with Gasteiger partial charge in [-0.1, -0.05) is 0 Å². The van der Waals surface area contributed by atoms with Crippen LogP contribution < -0.4 is 0 Å². The van der Waals surface area contributed by atoms with Crippen LogP contribution in [0.3, 0.4) is 0 Å². The predicted molar refractivity (Wildman–Crippen MR) is 73.7 cm³/mol. The van der Waals surface area contributed by atoms with Crippen molar-refractivity contribution < 1.29 is 44.9 Å². The Kier molecular flexibility index (Phi) is 11.5. The number of ether oxygens (including phenoxy) is 2. The van der Waals surface area contributed by atoms with E-state index in [4.69, 9.17) is 35.0 Å². The number of carbonyl (C=O) groups is 1. The average molecular weight is 326 g/mol. The van der Waals surface area contributed by atoms with Gasteiger partial charge in [0.25, 0.3) is 0 Å². The first-order chi connectivity index (χ1) is 10.5. The van der Waals surface area contributed by atoms with Gasteiger partial charge in [-0.25, -0.2) is 0 Å². The van der Waals surface area contributed by atoms with Crippen molar-refractivity contribution in [1.82, 2.24) is 0 Å². The Bertz CT molecular complexity index is 289. The van der Waals surface area contributed by atoms with Crippen molar-refractivity contribution >= 4 is 6.29 Å². The van der Waals surface area contributed by atoms with Crippen LogP contribution in [0.4, 0.5) is 0 Å². The van der Waals surface area contributed by atoms with Crippen LogP contribution in [0.1, 0.15) is 12.8 Å². The Hall–Kier alpha value is -0.650. The van der Waals surface area contributed by atoms with Crippen molar-refractivity contribution in [1.29, 1.82) is 0 Å². The zero-order valence-corrected chi connectivity index (χ0v) is 12.5. The van der Waals surface area contributed by atoms with E-state index >= 15 is 0 Å². The summed E-state index contributed by atoms with van der Waals surface area (Å²) in [6.45, 7) is 0.00481. The third-order valence-electron chi connectivity index (χ3n) is 3.24. The number of aliphatic hydroxyl groups is 6. The Morgan fingerprint density at radius 3 is 2.09 bits per heavy atom. The lowest BCUT2D eigenvalue weighted by atomic mass is 9.93. The van der Waals surface area contributed by atoms with E-state index in [9.17, 15) is 9.90 Å². The SMILES string of the molecule is CO.O=CC1C[C@@H](O)OC(CO)[C@H]1O.OCC1CC(O)CO1. The molecular weight excluding hydrogens is 300 g/mol. The second kappa shape index (κ2) is 11.9. The van der Waals surface area contributed by atoms with E-state index in [1.54, 1.807) is 0 Å². The number of rotatable bonds is 3. The first kappa shape index (κ1) is 21.4. The van der Waals surface area contributed by atoms with Gasteiger partial charge in [0.05, 0.1) is 38.1 Å². The smallest absolute Gasteiger partial charge is 0.155 e. The molecule has 6 N–H and O–H groups in total. The summed E-state index contributed by atoms with van der Waals surface area (Å²) in [5, 5.41) is 51.3. The maximum absolute atomic E-state index is 10.4. The molecule has 2 heterocycles. The summed E-state index contributed by atoms with van der Waals surface area (Å²) >= 11 is 0. The van der Waals surface area contributed by atoms with Gasteiger partial charge in [0.15, 0.2) is 6.29 Å². The largest absolute Gasteiger partial charge is 0.400 e. The number of hydrogen-bond donors (Lipinski definition) is 6. The molecule has 0 radical (unpaired) electrons. The van der Waals surface area contributed by atoms with Gasteiger partial charge in [-0.15, -0.1) is 0 Å². The Balaban J connectivity index is 0.000000382. The third-order valence-corrected chi connectivity index (χ3v) is 3.24. The fraction of sp³-hybridized carbons (Fsp3) is 0.923. The van der Waals surface area contributed by atoms with Gasteiger partial charge in [0, 0.05) is 25.9 Å². The van der Waals surface area contributed by atoms with Crippen LogP contribution in [0.25, 0.3) is 0 Å². The van der Waals surface area contributed by atoms with Crippen molar-refractivity contribution in [2.45, 2.75) is 43.5 Å². The fourth-order valence-corrected chi connectivity index (χ4v) is 2.09. The molecule has 0 spiro atoms. The number of aldehydes is 1. The van der Waals surface area contributed by atoms with Gasteiger partial charge >= 0.3 is 0 Å². The minimum Gasteiger partial charge on any atom is -0.400 e. The molecule has 2 aliphatic rings. The quantitative estimate of drug-likeness (QED) is 0.297. The predicted octanol–water partition coefficient (Wildman–Crippen LogP) is -3.00. The molecule has 0 aromatic rings. The minimum atomic E-state index is -1.07. The summed E-state index contributed by atoms with van der Waals surface area (Å²) in [7, 11) is 1.00. The highest BCUT2D eigenvalue weighted by molar-refractivity contribution is 5.54. The average Bonchev–Trinajstić information content (AvgIpc) is 2.97. The number of hydrogen-bond acceptors (Lipinski definition) is 9. The van der Waals surface area contributed by atoms with E-state index < -0.39 is 31.0 Å². The summed E-state index contributed by atoms with van der Waals surface area (Å²) < 4.78 is 9.69. The molecule has 2 aliphatic heterocycles. The first-order valence-electron chi connectivity index (χ1n) is 6.94. The van der Waals surface area contributed by atoms with Crippen LogP contribution in [-0.2, 0) is 14.3 Å². The molecule has 2 fully saturated rings. The Morgan fingerprint density at radius 2 is 1.73 bits per heavy atom. The summed E-state index contributed by atoms with van der Waals surface area (Å²) in [6, 6.07) is 0. The summed E-state index contributed by atoms with van der Waals surface area (Å²) in [4.78, 5) is 10.4. The van der Waals surface area contributed by atoms with E-state index in [0.717, 1.165) is 7.11 Å². The molecule has 2 saturated heterocycles. The Labute approximate surface area is 128 Å². The molecule has 132 valence electrons. The van der Waals surface area contributed by atoms with Crippen LogP contribution >= 0.6 is 0 Å². The van der Waals surface area contributed by atoms with E-state index in [-0.39, 0.29) is 25.2 Å². The molecule has 0 amide bonds. The zero-order valence-electron chi connectivity index (χ0n) is 12.5. The van der Waals surface area contributed by atoms with E-state index in [0.29, 0.717) is 19.3 Å². The summed E-state index contributed by atoms with van der Waals surface area (Å²) in [6.07, 6.45) is -2.19. The normalized spacial score (nSPS) is 37.4. The van der Waals surface area contributed by atoms with Gasteiger partial charge < -0.3 is 44.9 Å². The van der Waals surface area contributed by atoms with Crippen LogP contribution in [-0.4, -0.2) is 94.6 Å². The second-order valence-corrected chi connectivity index (χ2v) is 4.87. The lowest BCUT2D eigenvalue weighted by molar-refractivity contribution is -0.222. The molecule has 2 rings (SSSR count). The molecule has 22 heavy (non-hydrogen) atoms. The molecule has 0 bridgehead atoms. The molecule has 9 heteroatoms. The van der Waals surface area contributed by atoms with Gasteiger partial charge in [-0.05, 0) is 0 Å². The van der Waals surface area contributed by atoms with Crippen molar-refractivity contribution in [3.63, 3.8) is 0 Å². The fourth-order valence-electron chi connectivity index (χ4n) is 2.09. The van der Waals surface area contributed by atoms with Crippen LogP contribution in [0.5, 0.6) is 0 Å². The maximum Gasteiger partial charge on any atom is 0.155 e. The van der Waals surface area contributed by atoms with Crippen molar-refractivity contribution in [3.8, 4) is 0 Å². The van der Waals surface area contributed by atoms with Crippen molar-refractivity contribution in [3.05, 3.63) is 0 Å². The van der Waals surface area contributed by atoms with Crippen molar-refractivity contribution in [2.75, 3.05) is 26.9 Å². The highest BCUT2D eigenvalue weighted by Crippen LogP contribution is 2.22. The summed E-state index contributed by atoms with van der Waals surface area (Å²) in [5.74, 6) is -0.647. The Morgan fingerprint density at radius 1 is 1.09 bits per heavy atom. The van der Waals surface area contributed by atoms with Gasteiger partial charge in [0.1, 0.15) is 12.4 Å². The van der Waals surface area contributed by atoms with E-state index in [1.807, 2.05) is 0 Å². The number of carbonyl (C=O) groups excluding carboxylic acids is 1. The lowest BCUT2D eigenvalue weighted by Gasteiger charge is -2.33. The summed E-state index contributed by atoms with van der Waals surface area (Å²) in [5.41, 5.74) is 0. The van der Waals surface area contributed by atoms with Crippen molar-refractivity contribution in [2.24, 2.45) is 5.92 Å². The van der Waals surface area contributed by atoms with Gasteiger partial charge in [-0.2, -0.15) is 0 Å². The molecule has 0 aliphatic carbocycles. The highest BCUT2D eigenvalue weighted by Gasteiger charge is 2.36. The van der Waals surface area contributed by atoms with Crippen LogP contribution in [0.15, 0.2) is 0 Å². The molecule has 0 aromatic carbocycles. The molecular formula is C13H26O9. The zero-order chi connectivity index (χ0) is 17.1. The van der Waals surface area contributed by atoms with E-state index in [2.05, 4.69) is 0 Å².